The van der Waals surface area contributed by atoms with Crippen molar-refractivity contribution in [3.8, 4) is 0 Å². The number of carbonyl (C=O) groups is 10. The maximum Gasteiger partial charge on any atom is 0.323 e. The van der Waals surface area contributed by atoms with Gasteiger partial charge in [-0.05, 0) is 84.1 Å². The smallest absolute Gasteiger partial charge is 0.323 e. The third-order valence-electron chi connectivity index (χ3n) is 14.9. The molecule has 0 spiro atoms. The molecule has 82 heavy (non-hydrogen) atoms. The Balaban J connectivity index is 1.75. The molecule has 1 heterocycles. The highest BCUT2D eigenvalue weighted by atomic mass is 16.4. The van der Waals surface area contributed by atoms with Crippen molar-refractivity contribution in [2.24, 2.45) is 39.8 Å². The van der Waals surface area contributed by atoms with E-state index in [0.717, 1.165) is 58.3 Å². The highest BCUT2D eigenvalue weighted by Crippen LogP contribution is 2.28. The highest BCUT2D eigenvalue weighted by Gasteiger charge is 2.39. The molecule has 2 aliphatic carbocycles. The lowest BCUT2D eigenvalue weighted by Gasteiger charge is -2.37. The third-order valence-corrected chi connectivity index (χ3v) is 14.9. The second-order valence-electron chi connectivity index (χ2n) is 21.7. The molecule has 0 bridgehead atoms. The Labute approximate surface area is 479 Å². The molecule has 3 rings (SSSR count). The first-order valence-corrected chi connectivity index (χ1v) is 28.6. The Morgan fingerprint density at radius 1 is 0.695 bits per heavy atom. The summed E-state index contributed by atoms with van der Waals surface area (Å²) in [7, 11) is 0. The van der Waals surface area contributed by atoms with E-state index in [1.54, 1.807) is 6.92 Å². The lowest BCUT2D eigenvalue weighted by atomic mass is 9.84. The van der Waals surface area contributed by atoms with Gasteiger partial charge in [0.1, 0.15) is 48.8 Å². The van der Waals surface area contributed by atoms with E-state index in [-0.39, 0.29) is 63.1 Å². The minimum Gasteiger partial charge on any atom is -0.480 e. The van der Waals surface area contributed by atoms with Crippen LogP contribution in [0.1, 0.15) is 143 Å². The SMILES string of the molecule is CCC(C)[C@H](NC(=O)[C@H](CCCN)NC(=O)CNC(=O)[C@@H](NC(=O)[C@@H](NC(=O)[C@H](Cc1cnc[nH]1)NC(=O)[C@H](CC1CCCCC1)NC(=O)[C@H](C)NC(=O)[C@@H](N)CCCN=C(N)N)[C@@H](C)O)[C@@H](C)O)C(=O)N(CC(=O)O)C1CCCCC1. The lowest BCUT2D eigenvalue weighted by Crippen LogP contribution is -2.63. The van der Waals surface area contributed by atoms with Crippen LogP contribution in [0.25, 0.3) is 0 Å². The van der Waals surface area contributed by atoms with Crippen molar-refractivity contribution in [2.75, 3.05) is 26.2 Å². The number of carboxylic acid groups (broad SMARTS) is 1. The Morgan fingerprint density at radius 2 is 1.27 bits per heavy atom. The van der Waals surface area contributed by atoms with Gasteiger partial charge in [0.15, 0.2) is 5.96 Å². The number of carbonyl (C=O) groups excluding carboxylic acids is 9. The molecule has 2 fully saturated rings. The molecular weight excluding hydrogens is 1070 g/mol. The van der Waals surface area contributed by atoms with Gasteiger partial charge >= 0.3 is 5.97 Å². The number of hydrogen-bond acceptors (Lipinski definition) is 16. The summed E-state index contributed by atoms with van der Waals surface area (Å²) in [5, 5.41) is 51.6. The molecule has 9 amide bonds. The van der Waals surface area contributed by atoms with Gasteiger partial charge in [-0.1, -0.05) is 71.6 Å². The van der Waals surface area contributed by atoms with Crippen LogP contribution in [-0.2, 0) is 54.4 Å². The highest BCUT2D eigenvalue weighted by molar-refractivity contribution is 5.98. The van der Waals surface area contributed by atoms with Crippen LogP contribution in [0, 0.1) is 11.8 Å². The Hall–Kier alpha value is -6.98. The number of nitrogens with two attached hydrogens (primary N) is 4. The maximum atomic E-state index is 14.3. The topological polar surface area (TPSA) is 476 Å². The molecular formula is C53H92N16O13. The first-order chi connectivity index (χ1) is 38.9. The third kappa shape index (κ3) is 23.8. The molecule has 0 aliphatic heterocycles. The first-order valence-electron chi connectivity index (χ1n) is 28.6. The largest absolute Gasteiger partial charge is 0.480 e. The van der Waals surface area contributed by atoms with Crippen LogP contribution in [0.3, 0.4) is 0 Å². The number of aliphatic imine (C=N–C) groups is 1. The van der Waals surface area contributed by atoms with Crippen molar-refractivity contribution < 1.29 is 63.3 Å². The van der Waals surface area contributed by atoms with E-state index < -0.39 is 139 Å². The Morgan fingerprint density at radius 3 is 1.84 bits per heavy atom. The molecule has 29 nitrogen and oxygen atoms in total. The number of aliphatic carboxylic acids is 1. The molecule has 20 N–H and O–H groups in total. The quantitative estimate of drug-likeness (QED) is 0.0179. The summed E-state index contributed by atoms with van der Waals surface area (Å²) in [4.78, 5) is 148. The summed E-state index contributed by atoms with van der Waals surface area (Å²) in [5.41, 5.74) is 22.9. The number of rotatable bonds is 35. The monoisotopic (exact) mass is 1160 g/mol. The van der Waals surface area contributed by atoms with Crippen molar-refractivity contribution in [1.29, 1.82) is 0 Å². The van der Waals surface area contributed by atoms with Crippen molar-refractivity contribution >= 4 is 65.1 Å². The number of amides is 9. The predicted octanol–water partition coefficient (Wildman–Crippen LogP) is -3.37. The van der Waals surface area contributed by atoms with Crippen molar-refractivity contribution in [3.05, 3.63) is 18.2 Å². The van der Waals surface area contributed by atoms with Crippen LogP contribution >= 0.6 is 0 Å². The summed E-state index contributed by atoms with van der Waals surface area (Å²) in [5.74, 6) is -9.19. The van der Waals surface area contributed by atoms with E-state index in [4.69, 9.17) is 22.9 Å². The van der Waals surface area contributed by atoms with E-state index in [9.17, 15) is 63.3 Å². The van der Waals surface area contributed by atoms with Crippen molar-refractivity contribution in [3.63, 3.8) is 0 Å². The summed E-state index contributed by atoms with van der Waals surface area (Å²) < 4.78 is 0. The predicted molar refractivity (Wildman–Crippen MR) is 301 cm³/mol. The summed E-state index contributed by atoms with van der Waals surface area (Å²) >= 11 is 0. The van der Waals surface area contributed by atoms with Crippen LogP contribution in [0.2, 0.25) is 0 Å². The number of aliphatic hydroxyl groups is 2. The first kappa shape index (κ1) is 69.3. The zero-order chi connectivity index (χ0) is 61.1. The van der Waals surface area contributed by atoms with Gasteiger partial charge in [-0.25, -0.2) is 4.98 Å². The second kappa shape index (κ2) is 35.8. The van der Waals surface area contributed by atoms with Crippen LogP contribution in [-0.4, -0.2) is 188 Å². The van der Waals surface area contributed by atoms with Crippen molar-refractivity contribution in [1.82, 2.24) is 57.4 Å². The van der Waals surface area contributed by atoms with E-state index >= 15 is 0 Å². The maximum absolute atomic E-state index is 14.3. The average molecular weight is 1160 g/mol. The standard InChI is InChI=1S/C53H92N16O13/c1-6-29(2)42(52(82)69(27-41(73)74)35-17-11-8-12-18-35)66-47(77)37(20-13-21-54)63-40(72)26-60-50(80)43(31(4)70)68-51(81)44(32(5)71)67-49(79)39(24-34-25-58-28-61-34)65-48(78)38(23-33-15-9-7-10-16-33)64-45(75)30(3)62-46(76)36(55)19-14-22-59-53(56)57/h25,28-33,35-39,42-44,70-71H,6-24,26-27,54-55H2,1-5H3,(H,58,61)(H,60,80)(H,62,76)(H,63,72)(H,64,75)(H,65,78)(H,66,77)(H,67,79)(H,68,81)(H,73,74)(H4,56,57,59)/t29?,30-,31+,32+,36-,37-,38-,39-,42-,43-,44-/m0/s1. The van der Waals surface area contributed by atoms with E-state index in [1.165, 1.54) is 31.3 Å². The summed E-state index contributed by atoms with van der Waals surface area (Å²) in [6.07, 6.45) is 8.98. The number of aromatic amines is 1. The Kier molecular flexibility index (Phi) is 30.2. The van der Waals surface area contributed by atoms with E-state index in [2.05, 4.69) is 57.5 Å². The molecule has 0 aromatic carbocycles. The van der Waals surface area contributed by atoms with Gasteiger partial charge in [-0.2, -0.15) is 0 Å². The fraction of sp³-hybridized carbons (Fsp3) is 0.736. The van der Waals surface area contributed by atoms with E-state index in [0.29, 0.717) is 31.4 Å². The van der Waals surface area contributed by atoms with Crippen LogP contribution in [0.15, 0.2) is 17.5 Å². The van der Waals surface area contributed by atoms with Crippen LogP contribution in [0.4, 0.5) is 0 Å². The molecule has 1 aromatic heterocycles. The number of H-pyrrole nitrogens is 1. The number of nitrogens with zero attached hydrogens (tertiary/aromatic N) is 3. The normalized spacial score (nSPS) is 17.9. The van der Waals surface area contributed by atoms with E-state index in [1.807, 2.05) is 6.92 Å². The Bertz CT molecular complexity index is 2270. The molecule has 462 valence electrons. The zero-order valence-electron chi connectivity index (χ0n) is 48.1. The number of aliphatic hydroxyl groups excluding tert-OH is 2. The zero-order valence-corrected chi connectivity index (χ0v) is 48.1. The number of carboxylic acids is 1. The number of hydrogen-bond donors (Lipinski definition) is 16. The number of guanidine groups is 1. The molecule has 2 aliphatic rings. The van der Waals surface area contributed by atoms with Crippen LogP contribution < -0.4 is 65.5 Å². The fourth-order valence-electron chi connectivity index (χ4n) is 9.88. The molecule has 1 unspecified atom stereocenters. The van der Waals surface area contributed by atoms with Gasteiger partial charge < -0.3 is 90.7 Å². The minimum absolute atomic E-state index is 0.0234. The molecule has 29 heteroatoms. The van der Waals surface area contributed by atoms with Gasteiger partial charge in [0.25, 0.3) is 0 Å². The fourth-order valence-corrected chi connectivity index (χ4v) is 9.88. The van der Waals surface area contributed by atoms with Gasteiger partial charge in [0.2, 0.25) is 53.2 Å². The molecule has 1 aromatic rings. The lowest BCUT2D eigenvalue weighted by molar-refractivity contribution is -0.149. The average Bonchev–Trinajstić information content (AvgIpc) is 4.01. The number of aromatic nitrogens is 2. The summed E-state index contributed by atoms with van der Waals surface area (Å²) in [6.45, 7) is 6.37. The van der Waals surface area contributed by atoms with Gasteiger partial charge in [-0.3, -0.25) is 52.9 Å². The minimum atomic E-state index is -1.81. The van der Waals surface area contributed by atoms with Gasteiger partial charge in [0.05, 0.1) is 31.1 Å². The molecule has 0 radical (unpaired) electrons. The van der Waals surface area contributed by atoms with Gasteiger partial charge in [0, 0.05) is 30.9 Å². The molecule has 0 saturated heterocycles. The molecule has 2 saturated carbocycles. The van der Waals surface area contributed by atoms with Crippen LogP contribution in [0.5, 0.6) is 0 Å². The van der Waals surface area contributed by atoms with Crippen molar-refractivity contribution in [2.45, 2.75) is 210 Å². The number of nitrogens with one attached hydrogen (secondary N) is 9. The molecule has 11 atom stereocenters. The van der Waals surface area contributed by atoms with Gasteiger partial charge in [-0.15, -0.1) is 0 Å². The number of imidazole rings is 1. The summed E-state index contributed by atoms with van der Waals surface area (Å²) in [6, 6.07) is -11.1. The second-order valence-corrected chi connectivity index (χ2v) is 21.7.